The number of benzene rings is 3. The van der Waals surface area contributed by atoms with Gasteiger partial charge in [-0.05, 0) is 99.2 Å². The molecule has 5 saturated heterocycles. The number of aromatic nitrogens is 2. The van der Waals surface area contributed by atoms with Crippen molar-refractivity contribution >= 4 is 55.2 Å². The van der Waals surface area contributed by atoms with Crippen LogP contribution >= 0.6 is 0 Å². The number of H-pyrrole nitrogens is 1. The summed E-state index contributed by atoms with van der Waals surface area (Å²) in [4.78, 5) is 43.0. The first-order chi connectivity index (χ1) is 34.9. The average molecular weight is 1000 g/mol. The van der Waals surface area contributed by atoms with E-state index < -0.39 is 26.4 Å². The van der Waals surface area contributed by atoms with Crippen molar-refractivity contribution in [2.75, 3.05) is 80.8 Å². The minimum absolute atomic E-state index is 0.0222. The van der Waals surface area contributed by atoms with Crippen LogP contribution in [0.4, 0.5) is 28.4 Å². The van der Waals surface area contributed by atoms with E-state index in [0.717, 1.165) is 63.1 Å². The maximum atomic E-state index is 16.2. The number of nitro benzene ring substituents is 1. The molecule has 0 unspecified atom stereocenters. The summed E-state index contributed by atoms with van der Waals surface area (Å²) in [6.45, 7) is 7.65. The van der Waals surface area contributed by atoms with Gasteiger partial charge in [0.15, 0.2) is 11.4 Å². The van der Waals surface area contributed by atoms with Crippen molar-refractivity contribution in [3.63, 3.8) is 0 Å². The van der Waals surface area contributed by atoms with E-state index in [2.05, 4.69) is 56.2 Å². The Bertz CT molecular complexity index is 3100. The smallest absolute Gasteiger partial charge is 0.297 e. The zero-order valence-electron chi connectivity index (χ0n) is 40.5. The van der Waals surface area contributed by atoms with Crippen molar-refractivity contribution in [3.8, 4) is 11.6 Å². The first kappa shape index (κ1) is 45.8. The Labute approximate surface area is 418 Å². The van der Waals surface area contributed by atoms with Gasteiger partial charge in [0.2, 0.25) is 15.7 Å². The van der Waals surface area contributed by atoms with E-state index in [9.17, 15) is 14.9 Å². The SMILES string of the molecule is Cc1ccccc1[C@@H]1CCCN1C1CC2(CCN(c3ccc(C(N)=O)c(N4C[C@H]5COCC[C@@H]5Oc5nc6[nH]ccc6cc54)c3S(=O)(=O)c3cc4c(c([N+](=O)[O-])c3)N[C@H](CN3C[C@H]5C[C@@H]3CO5)CO4)CC2)C1. The van der Waals surface area contributed by atoms with Crippen LogP contribution in [0, 0.1) is 28.4 Å². The van der Waals surface area contributed by atoms with Gasteiger partial charge in [-0.1, -0.05) is 24.3 Å². The minimum atomic E-state index is -4.76. The van der Waals surface area contributed by atoms with Gasteiger partial charge in [0, 0.05) is 86.9 Å². The number of hydrogen-bond donors (Lipinski definition) is 3. The average Bonchev–Trinajstić information content (AvgIpc) is 4.20. The molecule has 18 nitrogen and oxygen atoms in total. The molecular weight excluding hydrogens is 939 g/mol. The van der Waals surface area contributed by atoms with Crippen LogP contribution in [0.1, 0.15) is 78.9 Å². The second-order valence-corrected chi connectivity index (χ2v) is 23.5. The number of hydrogen-bond acceptors (Lipinski definition) is 15. The molecule has 1 aliphatic carbocycles. The molecule has 378 valence electrons. The van der Waals surface area contributed by atoms with Crippen molar-refractivity contribution in [1.82, 2.24) is 19.8 Å². The van der Waals surface area contributed by atoms with Crippen molar-refractivity contribution < 1.29 is 37.1 Å². The molecule has 19 heteroatoms. The number of morpholine rings is 1. The summed E-state index contributed by atoms with van der Waals surface area (Å²) in [5.41, 5.74) is 10.4. The molecule has 4 N–H and O–H groups in total. The maximum Gasteiger partial charge on any atom is 0.297 e. The lowest BCUT2D eigenvalue weighted by Gasteiger charge is -2.56. The summed E-state index contributed by atoms with van der Waals surface area (Å²) >= 11 is 0. The number of nitrogens with zero attached hydrogens (tertiary/aromatic N) is 6. The number of piperidine rings is 1. The Morgan fingerprint density at radius 1 is 0.986 bits per heavy atom. The van der Waals surface area contributed by atoms with E-state index in [-0.39, 0.29) is 87.1 Å². The monoisotopic (exact) mass is 999 g/mol. The van der Waals surface area contributed by atoms with Crippen LogP contribution in [0.15, 0.2) is 76.7 Å². The molecular formula is C53H61N9O9S. The van der Waals surface area contributed by atoms with Crippen LogP contribution in [0.3, 0.4) is 0 Å². The molecule has 1 saturated carbocycles. The Hall–Kier alpha value is -5.99. The highest BCUT2D eigenvalue weighted by Crippen LogP contribution is 2.56. The third kappa shape index (κ3) is 7.76. The summed E-state index contributed by atoms with van der Waals surface area (Å²) in [5.74, 6) is -0.743. The van der Waals surface area contributed by atoms with Gasteiger partial charge in [-0.3, -0.25) is 24.7 Å². The summed E-state index contributed by atoms with van der Waals surface area (Å²) in [7, 11) is -4.76. The topological polar surface area (TPSA) is 211 Å². The molecule has 1 spiro atoms. The van der Waals surface area contributed by atoms with Gasteiger partial charge in [0.1, 0.15) is 28.9 Å². The second-order valence-electron chi connectivity index (χ2n) is 21.6. The largest absolute Gasteiger partial charge is 0.489 e. The number of nitro groups is 1. The third-order valence-corrected chi connectivity index (χ3v) is 19.2. The summed E-state index contributed by atoms with van der Waals surface area (Å²) in [6.07, 6.45) is 9.39. The normalized spacial score (nSPS) is 27.1. The molecule has 13 rings (SSSR count). The number of aryl methyl sites for hydroxylation is 1. The lowest BCUT2D eigenvalue weighted by atomic mass is 9.59. The fraction of sp³-hybridized carbons (Fsp3) is 0.509. The number of ether oxygens (including phenoxy) is 4. The first-order valence-electron chi connectivity index (χ1n) is 25.8. The number of nitrogens with one attached hydrogen (secondary N) is 2. The molecule has 9 heterocycles. The Morgan fingerprint density at radius 3 is 2.61 bits per heavy atom. The van der Waals surface area contributed by atoms with E-state index in [1.54, 1.807) is 18.3 Å². The first-order valence-corrected chi connectivity index (χ1v) is 27.2. The standard InChI is InChI=1S/C53H61N9O9S/c1-31-5-2-3-6-39(31)41-7-4-15-60(41)36-23-53(24-36)12-16-58(17-13-53)42-9-8-40(50(54)63)48(61-25-33-28-68-18-11-45(33)71-52-44(61)19-32-10-14-55-51(32)57-52)49(42)72(66,67)38-21-43(62(64)65)47-46(22-38)70-29-34(56-47)26-59-27-37-20-35(59)30-69-37/h2-3,5-6,8-10,14,19,21-22,33-37,41,45,56H,4,7,11-13,15-18,20,23-30H2,1H3,(H2,54,63)(H,55,57)/t33-,34+,35+,37+,41-,45-/m0/s1. The van der Waals surface area contributed by atoms with Gasteiger partial charge >= 0.3 is 0 Å². The Kier molecular flexibility index (Phi) is 11.2. The highest BCUT2D eigenvalue weighted by Gasteiger charge is 2.51. The van der Waals surface area contributed by atoms with Gasteiger partial charge in [-0.2, -0.15) is 4.98 Å². The number of carbonyl (C=O) groups is 1. The zero-order chi connectivity index (χ0) is 49.0. The molecule has 2 aromatic heterocycles. The second kappa shape index (κ2) is 17.6. The molecule has 72 heavy (non-hydrogen) atoms. The van der Waals surface area contributed by atoms with E-state index in [4.69, 9.17) is 29.7 Å². The van der Waals surface area contributed by atoms with Crippen LogP contribution in [0.25, 0.3) is 11.0 Å². The zero-order valence-corrected chi connectivity index (χ0v) is 41.3. The van der Waals surface area contributed by atoms with Crippen molar-refractivity contribution in [3.05, 3.63) is 93.7 Å². The highest BCUT2D eigenvalue weighted by molar-refractivity contribution is 7.91. The molecule has 7 aliphatic heterocycles. The number of amides is 1. The van der Waals surface area contributed by atoms with Gasteiger partial charge in [0.05, 0.1) is 58.7 Å². The van der Waals surface area contributed by atoms with Gasteiger partial charge in [-0.25, -0.2) is 8.42 Å². The van der Waals surface area contributed by atoms with E-state index >= 15 is 8.42 Å². The van der Waals surface area contributed by atoms with E-state index in [0.29, 0.717) is 75.0 Å². The van der Waals surface area contributed by atoms with E-state index in [1.165, 1.54) is 23.6 Å². The van der Waals surface area contributed by atoms with Gasteiger partial charge in [-0.15, -0.1) is 0 Å². The number of aromatic amines is 1. The van der Waals surface area contributed by atoms with Crippen LogP contribution in [-0.2, 0) is 19.3 Å². The Morgan fingerprint density at radius 2 is 1.83 bits per heavy atom. The summed E-state index contributed by atoms with van der Waals surface area (Å²) < 4.78 is 57.1. The van der Waals surface area contributed by atoms with Crippen LogP contribution < -0.4 is 30.3 Å². The molecule has 8 aliphatic rings. The lowest BCUT2D eigenvalue weighted by Crippen LogP contribution is -2.55. The van der Waals surface area contributed by atoms with Crippen molar-refractivity contribution in [2.45, 2.75) is 104 Å². The molecule has 1 amide bonds. The van der Waals surface area contributed by atoms with Crippen LogP contribution in [0.2, 0.25) is 0 Å². The van der Waals surface area contributed by atoms with Gasteiger partial charge in [0.25, 0.3) is 11.6 Å². The molecule has 5 aromatic rings. The summed E-state index contributed by atoms with van der Waals surface area (Å²) in [5, 5.41) is 17.2. The number of fused-ring (bicyclic) bond motifs is 6. The maximum absolute atomic E-state index is 16.2. The Balaban J connectivity index is 0.896. The van der Waals surface area contributed by atoms with Crippen LogP contribution in [0.5, 0.6) is 11.6 Å². The molecule has 0 radical (unpaired) electrons. The highest BCUT2D eigenvalue weighted by atomic mass is 32.2. The summed E-state index contributed by atoms with van der Waals surface area (Å²) in [6, 6.07) is 19.2. The number of primary amides is 1. The van der Waals surface area contributed by atoms with Crippen molar-refractivity contribution in [2.24, 2.45) is 17.1 Å². The minimum Gasteiger partial charge on any atom is -0.489 e. The fourth-order valence-corrected chi connectivity index (χ4v) is 15.4. The third-order valence-electron chi connectivity index (χ3n) is 17.4. The number of nitrogens with two attached hydrogens (primary N) is 1. The molecule has 6 atom stereocenters. The number of anilines is 4. The van der Waals surface area contributed by atoms with E-state index in [1.807, 2.05) is 17.0 Å². The van der Waals surface area contributed by atoms with Crippen LogP contribution in [-0.4, -0.2) is 135 Å². The predicted octanol–water partition coefficient (Wildman–Crippen LogP) is 6.88. The predicted molar refractivity (Wildman–Crippen MR) is 269 cm³/mol. The number of carbonyl (C=O) groups excluding carboxylic acids is 1. The quantitative estimate of drug-likeness (QED) is 0.0962. The fourth-order valence-electron chi connectivity index (χ4n) is 13.7. The number of sulfone groups is 1. The number of pyridine rings is 1. The number of likely N-dealkylation sites (tertiary alicyclic amines) is 2. The molecule has 2 bridgehead atoms. The van der Waals surface area contributed by atoms with Crippen molar-refractivity contribution in [1.29, 1.82) is 0 Å². The van der Waals surface area contributed by atoms with Gasteiger partial charge < -0.3 is 44.8 Å². The molecule has 6 fully saturated rings. The number of rotatable bonds is 10. The molecule has 3 aromatic carbocycles. The lowest BCUT2D eigenvalue weighted by molar-refractivity contribution is -0.384.